The average molecular weight is 304 g/mol. The summed E-state index contributed by atoms with van der Waals surface area (Å²) in [6.07, 6.45) is 1.89. The van der Waals surface area contributed by atoms with Crippen molar-refractivity contribution in [2.75, 3.05) is 20.2 Å². The Hall–Kier alpha value is -1.88. The van der Waals surface area contributed by atoms with Gasteiger partial charge in [-0.2, -0.15) is 0 Å². The van der Waals surface area contributed by atoms with E-state index in [1.54, 1.807) is 0 Å². The van der Waals surface area contributed by atoms with E-state index >= 15 is 0 Å². The highest BCUT2D eigenvalue weighted by Gasteiger charge is 2.33. The minimum atomic E-state index is -0.414. The molecule has 1 fully saturated rings. The average Bonchev–Trinajstić information content (AvgIpc) is 2.49. The third-order valence-electron chi connectivity index (χ3n) is 4.13. The van der Waals surface area contributed by atoms with E-state index in [1.165, 1.54) is 14.0 Å². The number of rotatable bonds is 4. The first-order valence-electron chi connectivity index (χ1n) is 7.67. The SMILES string of the molecule is COC(=O)[C@H](c1ccccc1C)N1CCC[C@H](NC(C)=O)C1. The molecule has 1 aromatic rings. The molecule has 0 aliphatic carbocycles. The molecule has 22 heavy (non-hydrogen) atoms. The van der Waals surface area contributed by atoms with Gasteiger partial charge in [0.25, 0.3) is 0 Å². The van der Waals surface area contributed by atoms with Crippen molar-refractivity contribution in [2.45, 2.75) is 38.8 Å². The molecule has 5 nitrogen and oxygen atoms in total. The van der Waals surface area contributed by atoms with Gasteiger partial charge in [-0.15, -0.1) is 0 Å². The minimum absolute atomic E-state index is 0.0302. The fourth-order valence-corrected chi connectivity index (χ4v) is 3.12. The van der Waals surface area contributed by atoms with Gasteiger partial charge < -0.3 is 10.1 Å². The van der Waals surface area contributed by atoms with Crippen LogP contribution in [0.15, 0.2) is 24.3 Å². The molecule has 1 heterocycles. The second-order valence-electron chi connectivity index (χ2n) is 5.82. The van der Waals surface area contributed by atoms with Gasteiger partial charge in [0.15, 0.2) is 0 Å². The molecule has 0 aromatic heterocycles. The number of benzene rings is 1. The molecule has 2 rings (SSSR count). The van der Waals surface area contributed by atoms with E-state index in [9.17, 15) is 9.59 Å². The predicted molar refractivity (Wildman–Crippen MR) is 84.3 cm³/mol. The standard InChI is InChI=1S/C17H24N2O3/c1-12-7-4-5-9-15(12)16(17(21)22-3)19-10-6-8-14(11-19)18-13(2)20/h4-5,7,9,14,16H,6,8,10-11H2,1-3H3,(H,18,20)/t14-,16-/m0/s1. The Morgan fingerprint density at radius 3 is 2.73 bits per heavy atom. The smallest absolute Gasteiger partial charge is 0.327 e. The molecule has 1 amide bonds. The Morgan fingerprint density at radius 2 is 2.09 bits per heavy atom. The van der Waals surface area contributed by atoms with Gasteiger partial charge >= 0.3 is 5.97 Å². The summed E-state index contributed by atoms with van der Waals surface area (Å²) in [6, 6.07) is 7.54. The largest absolute Gasteiger partial charge is 0.468 e. The van der Waals surface area contributed by atoms with Crippen LogP contribution in [-0.4, -0.2) is 43.0 Å². The minimum Gasteiger partial charge on any atom is -0.468 e. The molecule has 1 aliphatic rings. The van der Waals surface area contributed by atoms with E-state index in [4.69, 9.17) is 4.74 Å². The maximum Gasteiger partial charge on any atom is 0.327 e. The number of ether oxygens (including phenoxy) is 1. The number of aryl methyl sites for hydroxylation is 1. The zero-order valence-electron chi connectivity index (χ0n) is 13.5. The van der Waals surface area contributed by atoms with Crippen molar-refractivity contribution in [3.63, 3.8) is 0 Å². The molecule has 120 valence electrons. The van der Waals surface area contributed by atoms with Crippen molar-refractivity contribution < 1.29 is 14.3 Å². The number of likely N-dealkylation sites (tertiary alicyclic amines) is 1. The molecule has 2 atom stereocenters. The number of methoxy groups -OCH3 is 1. The van der Waals surface area contributed by atoms with Gasteiger partial charge in [0.2, 0.25) is 5.91 Å². The second kappa shape index (κ2) is 7.40. The van der Waals surface area contributed by atoms with Crippen LogP contribution in [0.25, 0.3) is 0 Å². The van der Waals surface area contributed by atoms with E-state index in [0.29, 0.717) is 6.54 Å². The number of hydrogen-bond donors (Lipinski definition) is 1. The second-order valence-corrected chi connectivity index (χ2v) is 5.82. The molecule has 1 aliphatic heterocycles. The summed E-state index contributed by atoms with van der Waals surface area (Å²) in [4.78, 5) is 25.7. The van der Waals surface area contributed by atoms with Crippen LogP contribution in [0, 0.1) is 6.92 Å². The van der Waals surface area contributed by atoms with Gasteiger partial charge in [-0.05, 0) is 37.4 Å². The van der Waals surface area contributed by atoms with E-state index in [2.05, 4.69) is 10.2 Å². The number of nitrogens with zero attached hydrogens (tertiary/aromatic N) is 1. The van der Waals surface area contributed by atoms with Crippen LogP contribution < -0.4 is 5.32 Å². The van der Waals surface area contributed by atoms with Crippen LogP contribution in [0.2, 0.25) is 0 Å². The number of amides is 1. The summed E-state index contributed by atoms with van der Waals surface area (Å²) in [5.74, 6) is -0.282. The lowest BCUT2D eigenvalue weighted by Crippen LogP contribution is -2.49. The summed E-state index contributed by atoms with van der Waals surface area (Å²) < 4.78 is 5.02. The highest BCUT2D eigenvalue weighted by atomic mass is 16.5. The fourth-order valence-electron chi connectivity index (χ4n) is 3.12. The van der Waals surface area contributed by atoms with Crippen LogP contribution in [0.4, 0.5) is 0 Å². The van der Waals surface area contributed by atoms with E-state index in [1.807, 2.05) is 31.2 Å². The van der Waals surface area contributed by atoms with Crippen LogP contribution in [0.1, 0.15) is 36.9 Å². The van der Waals surface area contributed by atoms with Gasteiger partial charge in [-0.3, -0.25) is 9.69 Å². The highest BCUT2D eigenvalue weighted by molar-refractivity contribution is 5.78. The van der Waals surface area contributed by atoms with Gasteiger partial charge in [0, 0.05) is 19.5 Å². The number of carbonyl (C=O) groups excluding carboxylic acids is 2. The van der Waals surface area contributed by atoms with Crippen molar-refractivity contribution in [2.24, 2.45) is 0 Å². The molecule has 0 unspecified atom stereocenters. The lowest BCUT2D eigenvalue weighted by atomic mass is 9.96. The Bertz CT molecular complexity index is 544. The zero-order valence-corrected chi connectivity index (χ0v) is 13.5. The summed E-state index contributed by atoms with van der Waals surface area (Å²) in [5, 5.41) is 2.96. The number of nitrogens with one attached hydrogen (secondary N) is 1. The van der Waals surface area contributed by atoms with Crippen molar-refractivity contribution in [1.29, 1.82) is 0 Å². The summed E-state index contributed by atoms with van der Waals surface area (Å²) >= 11 is 0. The van der Waals surface area contributed by atoms with Gasteiger partial charge in [0.1, 0.15) is 6.04 Å². The molecule has 1 N–H and O–H groups in total. The normalized spacial score (nSPS) is 20.2. The summed E-state index contributed by atoms with van der Waals surface area (Å²) in [5.41, 5.74) is 2.04. The van der Waals surface area contributed by atoms with Crippen molar-refractivity contribution in [3.8, 4) is 0 Å². The summed E-state index contributed by atoms with van der Waals surface area (Å²) in [6.45, 7) is 5.01. The molecular weight excluding hydrogens is 280 g/mol. The molecule has 0 bridgehead atoms. The number of esters is 1. The van der Waals surface area contributed by atoms with E-state index in [-0.39, 0.29) is 17.9 Å². The van der Waals surface area contributed by atoms with Crippen molar-refractivity contribution in [3.05, 3.63) is 35.4 Å². The third kappa shape index (κ3) is 3.85. The summed E-state index contributed by atoms with van der Waals surface area (Å²) in [7, 11) is 1.42. The quantitative estimate of drug-likeness (QED) is 0.862. The molecule has 0 saturated carbocycles. The van der Waals surface area contributed by atoms with Gasteiger partial charge in [-0.1, -0.05) is 24.3 Å². The van der Waals surface area contributed by atoms with Crippen LogP contribution in [0.5, 0.6) is 0 Å². The first kappa shape index (κ1) is 16.5. The molecule has 1 saturated heterocycles. The van der Waals surface area contributed by atoms with Crippen molar-refractivity contribution >= 4 is 11.9 Å². The van der Waals surface area contributed by atoms with E-state index < -0.39 is 6.04 Å². The fraction of sp³-hybridized carbons (Fsp3) is 0.529. The van der Waals surface area contributed by atoms with Gasteiger partial charge in [0.05, 0.1) is 7.11 Å². The topological polar surface area (TPSA) is 58.6 Å². The molecule has 5 heteroatoms. The Balaban J connectivity index is 2.24. The molecule has 1 aromatic carbocycles. The Kier molecular flexibility index (Phi) is 5.55. The third-order valence-corrected chi connectivity index (χ3v) is 4.13. The maximum atomic E-state index is 12.3. The van der Waals surface area contributed by atoms with Crippen molar-refractivity contribution in [1.82, 2.24) is 10.2 Å². The number of carbonyl (C=O) groups is 2. The number of hydrogen-bond acceptors (Lipinski definition) is 4. The highest BCUT2D eigenvalue weighted by Crippen LogP contribution is 2.28. The predicted octanol–water partition coefficient (Wildman–Crippen LogP) is 1.81. The monoisotopic (exact) mass is 304 g/mol. The molecule has 0 radical (unpaired) electrons. The van der Waals surface area contributed by atoms with Crippen LogP contribution in [0.3, 0.4) is 0 Å². The lowest BCUT2D eigenvalue weighted by molar-refractivity contribution is -0.148. The maximum absolute atomic E-state index is 12.3. The molecule has 0 spiro atoms. The Labute approximate surface area is 131 Å². The van der Waals surface area contributed by atoms with Gasteiger partial charge in [-0.25, -0.2) is 4.79 Å². The zero-order chi connectivity index (χ0) is 16.1. The lowest BCUT2D eigenvalue weighted by Gasteiger charge is -2.37. The first-order chi connectivity index (χ1) is 10.5. The number of piperidine rings is 1. The van der Waals surface area contributed by atoms with Crippen LogP contribution >= 0.6 is 0 Å². The first-order valence-corrected chi connectivity index (χ1v) is 7.67. The van der Waals surface area contributed by atoms with Crippen LogP contribution in [-0.2, 0) is 14.3 Å². The molecular formula is C17H24N2O3. The van der Waals surface area contributed by atoms with E-state index in [0.717, 1.165) is 30.5 Å². The Morgan fingerprint density at radius 1 is 1.36 bits per heavy atom.